The number of rotatable bonds is 7. The number of nitrogens with zero attached hydrogens (tertiary/aromatic N) is 4. The molecule has 32 heavy (non-hydrogen) atoms. The minimum atomic E-state index is -0.0398. The number of benzene rings is 2. The normalized spacial score (nSPS) is 14.6. The third kappa shape index (κ3) is 4.74. The van der Waals surface area contributed by atoms with Crippen molar-refractivity contribution in [1.82, 2.24) is 24.8 Å². The molecule has 1 N–H and O–H groups in total. The summed E-state index contributed by atoms with van der Waals surface area (Å²) >= 11 is 1.52. The van der Waals surface area contributed by atoms with Gasteiger partial charge in [-0.15, -0.1) is 11.3 Å². The first-order valence-corrected chi connectivity index (χ1v) is 12.1. The Kier molecular flexibility index (Phi) is 6.27. The van der Waals surface area contributed by atoms with E-state index < -0.39 is 0 Å². The highest BCUT2D eigenvalue weighted by molar-refractivity contribution is 7.07. The Morgan fingerprint density at radius 1 is 1.00 bits per heavy atom. The predicted octanol–water partition coefficient (Wildman–Crippen LogP) is 4.46. The molecule has 0 aliphatic carbocycles. The molecule has 1 amide bonds. The molecule has 0 spiro atoms. The lowest BCUT2D eigenvalue weighted by atomic mass is 10.1. The smallest absolute Gasteiger partial charge is 0.240 e. The van der Waals surface area contributed by atoms with Gasteiger partial charge in [-0.3, -0.25) is 9.69 Å². The number of thiazole rings is 1. The quantitative estimate of drug-likeness (QED) is 0.456. The van der Waals surface area contributed by atoms with Crippen molar-refractivity contribution in [3.63, 3.8) is 0 Å². The van der Waals surface area contributed by atoms with Gasteiger partial charge in [0.1, 0.15) is 12.2 Å². The van der Waals surface area contributed by atoms with Gasteiger partial charge in [-0.05, 0) is 49.2 Å². The first-order valence-electron chi connectivity index (χ1n) is 11.2. The molecule has 1 fully saturated rings. The monoisotopic (exact) mass is 445 g/mol. The molecule has 0 unspecified atom stereocenters. The third-order valence-electron chi connectivity index (χ3n) is 5.99. The van der Waals surface area contributed by atoms with Crippen LogP contribution in [0.5, 0.6) is 0 Å². The maximum absolute atomic E-state index is 12.8. The number of carbonyl (C=O) groups excluding carboxylic acids is 1. The van der Waals surface area contributed by atoms with Gasteiger partial charge in [0, 0.05) is 18.5 Å². The maximum atomic E-state index is 12.8. The van der Waals surface area contributed by atoms with E-state index >= 15 is 0 Å². The zero-order chi connectivity index (χ0) is 21.8. The highest BCUT2D eigenvalue weighted by Crippen LogP contribution is 2.24. The van der Waals surface area contributed by atoms with Crippen molar-refractivity contribution in [2.45, 2.75) is 38.9 Å². The summed E-state index contributed by atoms with van der Waals surface area (Å²) in [6.45, 7) is 4.13. The highest BCUT2D eigenvalue weighted by Gasteiger charge is 2.16. The molecule has 6 nitrogen and oxygen atoms in total. The van der Waals surface area contributed by atoms with Gasteiger partial charge in [0.05, 0.1) is 16.5 Å². The van der Waals surface area contributed by atoms with Gasteiger partial charge in [0.2, 0.25) is 5.91 Å². The minimum absolute atomic E-state index is 0.0398. The fourth-order valence-electron chi connectivity index (χ4n) is 4.29. The van der Waals surface area contributed by atoms with E-state index in [1.807, 2.05) is 34.2 Å². The molecule has 5 rings (SSSR count). The lowest BCUT2D eigenvalue weighted by Crippen LogP contribution is -2.29. The Morgan fingerprint density at radius 2 is 1.78 bits per heavy atom. The summed E-state index contributed by atoms with van der Waals surface area (Å²) in [6.07, 6.45) is 3.97. The molecule has 0 radical (unpaired) electrons. The van der Waals surface area contributed by atoms with Gasteiger partial charge in [0.15, 0.2) is 5.82 Å². The fraction of sp³-hybridized carbons (Fsp3) is 0.320. The van der Waals surface area contributed by atoms with Crippen molar-refractivity contribution in [3.05, 3.63) is 70.5 Å². The van der Waals surface area contributed by atoms with Crippen LogP contribution < -0.4 is 5.32 Å². The second-order valence-corrected chi connectivity index (χ2v) is 9.03. The molecule has 0 atom stereocenters. The van der Waals surface area contributed by atoms with Crippen LogP contribution in [0.3, 0.4) is 0 Å². The molecular weight excluding hydrogens is 418 g/mol. The molecule has 1 aliphatic heterocycles. The van der Waals surface area contributed by atoms with Gasteiger partial charge in [-0.25, -0.2) is 9.97 Å². The molecule has 3 heterocycles. The van der Waals surface area contributed by atoms with E-state index in [4.69, 9.17) is 4.98 Å². The van der Waals surface area contributed by atoms with Crippen LogP contribution in [-0.2, 0) is 24.4 Å². The number of amides is 1. The zero-order valence-corrected chi connectivity index (χ0v) is 18.9. The van der Waals surface area contributed by atoms with E-state index in [0.29, 0.717) is 6.54 Å². The Hall–Kier alpha value is -3.03. The van der Waals surface area contributed by atoms with Gasteiger partial charge in [0.25, 0.3) is 0 Å². The minimum Gasteiger partial charge on any atom is -0.350 e. The van der Waals surface area contributed by atoms with Crippen molar-refractivity contribution in [1.29, 1.82) is 0 Å². The standard InChI is InChI=1S/C25H27N5OS/c31-24(26-14-19-8-10-20(11-9-19)15-29-12-4-1-5-13-29)16-30-23-7-3-2-6-21(23)28-25(30)22-17-32-18-27-22/h2-3,6-11,17-18H,1,4-5,12-16H2,(H,26,31). The maximum Gasteiger partial charge on any atom is 0.240 e. The van der Waals surface area contributed by atoms with Gasteiger partial charge < -0.3 is 9.88 Å². The Bertz CT molecular complexity index is 1180. The molecule has 0 saturated carbocycles. The SMILES string of the molecule is O=C(Cn1c(-c2cscn2)nc2ccccc21)NCc1ccc(CN2CCCCC2)cc1. The molecule has 164 valence electrons. The van der Waals surface area contributed by atoms with Crippen LogP contribution in [0.25, 0.3) is 22.6 Å². The summed E-state index contributed by atoms with van der Waals surface area (Å²) in [6, 6.07) is 16.5. The van der Waals surface area contributed by atoms with E-state index in [-0.39, 0.29) is 12.5 Å². The third-order valence-corrected chi connectivity index (χ3v) is 6.57. The van der Waals surface area contributed by atoms with Crippen LogP contribution in [0.1, 0.15) is 30.4 Å². The molecule has 2 aromatic heterocycles. The van der Waals surface area contributed by atoms with Crippen molar-refractivity contribution < 1.29 is 4.79 Å². The van der Waals surface area contributed by atoms with Crippen molar-refractivity contribution in [2.24, 2.45) is 0 Å². The van der Waals surface area contributed by atoms with Crippen LogP contribution in [0, 0.1) is 0 Å². The van der Waals surface area contributed by atoms with E-state index in [2.05, 4.69) is 39.5 Å². The van der Waals surface area contributed by atoms with Crippen molar-refractivity contribution >= 4 is 28.3 Å². The van der Waals surface area contributed by atoms with Gasteiger partial charge in [-0.2, -0.15) is 0 Å². The summed E-state index contributed by atoms with van der Waals surface area (Å²) in [7, 11) is 0. The van der Waals surface area contributed by atoms with Gasteiger partial charge >= 0.3 is 0 Å². The Balaban J connectivity index is 1.23. The molecule has 7 heteroatoms. The number of likely N-dealkylation sites (tertiary alicyclic amines) is 1. The number of para-hydroxylation sites is 2. The summed E-state index contributed by atoms with van der Waals surface area (Å²) in [5.74, 6) is 0.687. The molecule has 1 saturated heterocycles. The molecule has 1 aliphatic rings. The predicted molar refractivity (Wildman–Crippen MR) is 128 cm³/mol. The first-order chi connectivity index (χ1) is 15.8. The van der Waals surface area contributed by atoms with E-state index in [9.17, 15) is 4.79 Å². The molecule has 2 aromatic carbocycles. The lowest BCUT2D eigenvalue weighted by molar-refractivity contribution is -0.121. The fourth-order valence-corrected chi connectivity index (χ4v) is 4.82. The Morgan fingerprint density at radius 3 is 2.56 bits per heavy atom. The number of fused-ring (bicyclic) bond motifs is 1. The number of aromatic nitrogens is 3. The number of nitrogens with one attached hydrogen (secondary N) is 1. The summed E-state index contributed by atoms with van der Waals surface area (Å²) in [5.41, 5.74) is 6.83. The largest absolute Gasteiger partial charge is 0.350 e. The second-order valence-electron chi connectivity index (χ2n) is 8.31. The second kappa shape index (κ2) is 9.63. The number of hydrogen-bond donors (Lipinski definition) is 1. The van der Waals surface area contributed by atoms with Gasteiger partial charge in [-0.1, -0.05) is 42.8 Å². The molecular formula is C25H27N5OS. The zero-order valence-electron chi connectivity index (χ0n) is 18.0. The summed E-state index contributed by atoms with van der Waals surface area (Å²) < 4.78 is 1.95. The lowest BCUT2D eigenvalue weighted by Gasteiger charge is -2.26. The summed E-state index contributed by atoms with van der Waals surface area (Å²) in [4.78, 5) is 24.4. The van der Waals surface area contributed by atoms with E-state index in [1.54, 1.807) is 5.51 Å². The highest BCUT2D eigenvalue weighted by atomic mass is 32.1. The van der Waals surface area contributed by atoms with E-state index in [1.165, 1.54) is 49.3 Å². The summed E-state index contributed by atoms with van der Waals surface area (Å²) in [5, 5.41) is 5.02. The van der Waals surface area contributed by atoms with Crippen LogP contribution in [-0.4, -0.2) is 38.4 Å². The van der Waals surface area contributed by atoms with E-state index in [0.717, 1.165) is 34.7 Å². The Labute approximate surface area is 191 Å². The molecule has 4 aromatic rings. The van der Waals surface area contributed by atoms with Crippen LogP contribution >= 0.6 is 11.3 Å². The van der Waals surface area contributed by atoms with Crippen molar-refractivity contribution in [2.75, 3.05) is 13.1 Å². The number of carbonyl (C=O) groups is 1. The van der Waals surface area contributed by atoms with Crippen LogP contribution in [0.2, 0.25) is 0 Å². The first kappa shape index (κ1) is 20.8. The number of piperidine rings is 1. The topological polar surface area (TPSA) is 63.1 Å². The average Bonchev–Trinajstić information content (AvgIpc) is 3.48. The van der Waals surface area contributed by atoms with Crippen LogP contribution in [0.4, 0.5) is 0 Å². The number of imidazole rings is 1. The average molecular weight is 446 g/mol. The molecule has 0 bridgehead atoms. The van der Waals surface area contributed by atoms with Crippen molar-refractivity contribution in [3.8, 4) is 11.5 Å². The number of hydrogen-bond acceptors (Lipinski definition) is 5. The van der Waals surface area contributed by atoms with Crippen LogP contribution in [0.15, 0.2) is 59.4 Å².